The molecule has 0 aliphatic rings. The smallest absolute Gasteiger partial charge is 0.339 e. The summed E-state index contributed by atoms with van der Waals surface area (Å²) in [6.45, 7) is 2.07. The quantitative estimate of drug-likeness (QED) is 0.906. The molecule has 0 aliphatic heterocycles. The Morgan fingerprint density at radius 3 is 2.43 bits per heavy atom. The number of aryl methyl sites for hydroxylation is 2. The van der Waals surface area contributed by atoms with Crippen molar-refractivity contribution in [1.82, 2.24) is 9.78 Å². The minimum Gasteiger partial charge on any atom is -0.478 e. The van der Waals surface area contributed by atoms with Gasteiger partial charge in [-0.25, -0.2) is 13.2 Å². The second kappa shape index (κ2) is 5.69. The van der Waals surface area contributed by atoms with Crippen molar-refractivity contribution in [2.24, 2.45) is 0 Å². The van der Waals surface area contributed by atoms with Crippen LogP contribution in [-0.4, -0.2) is 41.3 Å². The number of carboxylic acid groups (broad SMARTS) is 1. The molecule has 1 aromatic heterocycles. The lowest BCUT2D eigenvalue weighted by atomic mass is 10.1. The second-order valence-corrected chi connectivity index (χ2v) is 7.22. The number of benzene rings is 1. The zero-order chi connectivity index (χ0) is 15.6. The van der Waals surface area contributed by atoms with Crippen molar-refractivity contribution in [1.29, 1.82) is 0 Å². The van der Waals surface area contributed by atoms with Gasteiger partial charge in [0.05, 0.1) is 12.3 Å². The molecule has 21 heavy (non-hydrogen) atoms. The maximum absolute atomic E-state index is 11.3. The van der Waals surface area contributed by atoms with Crippen LogP contribution in [0.25, 0.3) is 11.3 Å². The van der Waals surface area contributed by atoms with Crippen LogP contribution in [-0.2, 0) is 16.4 Å². The summed E-state index contributed by atoms with van der Waals surface area (Å²) in [7, 11) is -3.12. The first-order valence-electron chi connectivity index (χ1n) is 6.32. The molecule has 0 aliphatic carbocycles. The number of rotatable bonds is 5. The third-order valence-electron chi connectivity index (χ3n) is 3.01. The van der Waals surface area contributed by atoms with E-state index in [1.807, 2.05) is 19.1 Å². The van der Waals surface area contributed by atoms with E-state index >= 15 is 0 Å². The third kappa shape index (κ3) is 3.91. The summed E-state index contributed by atoms with van der Waals surface area (Å²) >= 11 is 0. The fourth-order valence-corrected chi connectivity index (χ4v) is 2.40. The van der Waals surface area contributed by atoms with Crippen LogP contribution in [0.1, 0.15) is 15.9 Å². The van der Waals surface area contributed by atoms with E-state index in [4.69, 9.17) is 0 Å². The Balaban J connectivity index is 2.38. The SMILES string of the molecule is Cc1ccc(-c2nn(CCS(C)(=O)=O)cc2C(=O)O)cc1. The fourth-order valence-electron chi connectivity index (χ4n) is 1.88. The van der Waals surface area contributed by atoms with Gasteiger partial charge < -0.3 is 5.11 Å². The van der Waals surface area contributed by atoms with E-state index in [0.717, 1.165) is 11.8 Å². The Labute approximate surface area is 123 Å². The van der Waals surface area contributed by atoms with Gasteiger partial charge in [0.25, 0.3) is 0 Å². The van der Waals surface area contributed by atoms with Crippen molar-refractivity contribution >= 4 is 15.8 Å². The van der Waals surface area contributed by atoms with Gasteiger partial charge in [-0.3, -0.25) is 4.68 Å². The van der Waals surface area contributed by atoms with Gasteiger partial charge in [0.15, 0.2) is 0 Å². The van der Waals surface area contributed by atoms with Crippen LogP contribution >= 0.6 is 0 Å². The molecule has 2 aromatic rings. The van der Waals surface area contributed by atoms with Gasteiger partial charge in [-0.15, -0.1) is 0 Å². The highest BCUT2D eigenvalue weighted by molar-refractivity contribution is 7.90. The van der Waals surface area contributed by atoms with Gasteiger partial charge in [0.1, 0.15) is 21.1 Å². The summed E-state index contributed by atoms with van der Waals surface area (Å²) < 4.78 is 23.7. The molecule has 1 aromatic carbocycles. The van der Waals surface area contributed by atoms with E-state index in [1.54, 1.807) is 12.1 Å². The Hall–Kier alpha value is -2.15. The molecule has 1 N–H and O–H groups in total. The molecule has 2 rings (SSSR count). The van der Waals surface area contributed by atoms with Crippen molar-refractivity contribution in [2.75, 3.05) is 12.0 Å². The molecule has 0 radical (unpaired) electrons. The zero-order valence-corrected chi connectivity index (χ0v) is 12.6. The number of carboxylic acids is 1. The molecular weight excluding hydrogens is 292 g/mol. The standard InChI is InChI=1S/C14H16N2O4S/c1-10-3-5-11(6-4-10)13-12(14(17)18)9-16(15-13)7-8-21(2,19)20/h3-6,9H,7-8H2,1-2H3,(H,17,18). The molecular formula is C14H16N2O4S. The van der Waals surface area contributed by atoms with Crippen molar-refractivity contribution in [3.05, 3.63) is 41.6 Å². The highest BCUT2D eigenvalue weighted by Crippen LogP contribution is 2.22. The van der Waals surface area contributed by atoms with Gasteiger partial charge in [0, 0.05) is 18.0 Å². The van der Waals surface area contributed by atoms with Crippen molar-refractivity contribution in [3.63, 3.8) is 0 Å². The second-order valence-electron chi connectivity index (χ2n) is 4.96. The number of hydrogen-bond donors (Lipinski definition) is 1. The molecule has 7 heteroatoms. The van der Waals surface area contributed by atoms with Gasteiger partial charge in [-0.05, 0) is 6.92 Å². The number of sulfone groups is 1. The highest BCUT2D eigenvalue weighted by Gasteiger charge is 2.17. The monoisotopic (exact) mass is 308 g/mol. The first-order chi connectivity index (χ1) is 9.76. The molecule has 112 valence electrons. The van der Waals surface area contributed by atoms with Crippen LogP contribution in [0.3, 0.4) is 0 Å². The molecule has 0 unspecified atom stereocenters. The number of carbonyl (C=O) groups is 1. The number of nitrogens with zero attached hydrogens (tertiary/aromatic N) is 2. The van der Waals surface area contributed by atoms with E-state index < -0.39 is 15.8 Å². The Bertz CT molecular complexity index is 761. The lowest BCUT2D eigenvalue weighted by Gasteiger charge is -2.00. The Kier molecular flexibility index (Phi) is 4.13. The van der Waals surface area contributed by atoms with E-state index in [1.165, 1.54) is 10.9 Å². The van der Waals surface area contributed by atoms with Crippen LogP contribution < -0.4 is 0 Å². The molecule has 0 saturated heterocycles. The number of aromatic carboxylic acids is 1. The van der Waals surface area contributed by atoms with Gasteiger partial charge in [0.2, 0.25) is 0 Å². The van der Waals surface area contributed by atoms with Crippen LogP contribution in [0.15, 0.2) is 30.5 Å². The molecule has 0 atom stereocenters. The highest BCUT2D eigenvalue weighted by atomic mass is 32.2. The van der Waals surface area contributed by atoms with Gasteiger partial charge in [-0.2, -0.15) is 5.10 Å². The van der Waals surface area contributed by atoms with Crippen LogP contribution in [0.5, 0.6) is 0 Å². The molecule has 1 heterocycles. The summed E-state index contributed by atoms with van der Waals surface area (Å²) in [6.07, 6.45) is 2.50. The lowest BCUT2D eigenvalue weighted by molar-refractivity contribution is 0.0697. The number of aromatic nitrogens is 2. The summed E-state index contributed by atoms with van der Waals surface area (Å²) in [6, 6.07) is 7.34. The molecule has 0 fully saturated rings. The van der Waals surface area contributed by atoms with Crippen LogP contribution in [0, 0.1) is 6.92 Å². The lowest BCUT2D eigenvalue weighted by Crippen LogP contribution is -2.11. The predicted molar refractivity (Wildman–Crippen MR) is 79.1 cm³/mol. The van der Waals surface area contributed by atoms with Crippen molar-refractivity contribution < 1.29 is 18.3 Å². The Morgan fingerprint density at radius 1 is 1.29 bits per heavy atom. The summed E-state index contributed by atoms with van der Waals surface area (Å²) in [4.78, 5) is 11.3. The molecule has 0 bridgehead atoms. The largest absolute Gasteiger partial charge is 0.478 e. The Morgan fingerprint density at radius 2 is 1.90 bits per heavy atom. The zero-order valence-electron chi connectivity index (χ0n) is 11.8. The normalized spacial score (nSPS) is 11.5. The minimum atomic E-state index is -3.12. The summed E-state index contributed by atoms with van der Waals surface area (Å²) in [5, 5.41) is 13.5. The average Bonchev–Trinajstić information content (AvgIpc) is 2.81. The predicted octanol–water partition coefficient (Wildman–Crippen LogP) is 1.60. The van der Waals surface area contributed by atoms with E-state index in [0.29, 0.717) is 11.3 Å². The molecule has 0 spiro atoms. The van der Waals surface area contributed by atoms with Gasteiger partial charge >= 0.3 is 5.97 Å². The topological polar surface area (TPSA) is 89.3 Å². The fraction of sp³-hybridized carbons (Fsp3) is 0.286. The first-order valence-corrected chi connectivity index (χ1v) is 8.38. The molecule has 0 amide bonds. The number of hydrogen-bond acceptors (Lipinski definition) is 4. The van der Waals surface area contributed by atoms with E-state index in [9.17, 15) is 18.3 Å². The van der Waals surface area contributed by atoms with Crippen LogP contribution in [0.2, 0.25) is 0 Å². The summed E-state index contributed by atoms with van der Waals surface area (Å²) in [5.41, 5.74) is 2.16. The van der Waals surface area contributed by atoms with Crippen molar-refractivity contribution in [3.8, 4) is 11.3 Å². The first kappa shape index (κ1) is 15.2. The maximum atomic E-state index is 11.3. The van der Waals surface area contributed by atoms with Crippen LogP contribution in [0.4, 0.5) is 0 Å². The maximum Gasteiger partial charge on any atom is 0.339 e. The minimum absolute atomic E-state index is 0.0624. The third-order valence-corrected chi connectivity index (χ3v) is 3.93. The molecule has 6 nitrogen and oxygen atoms in total. The van der Waals surface area contributed by atoms with Crippen molar-refractivity contribution in [2.45, 2.75) is 13.5 Å². The molecule has 0 saturated carbocycles. The summed E-state index contributed by atoms with van der Waals surface area (Å²) in [5.74, 6) is -1.17. The van der Waals surface area contributed by atoms with Gasteiger partial charge in [-0.1, -0.05) is 29.8 Å². The average molecular weight is 308 g/mol. The van der Waals surface area contributed by atoms with E-state index in [2.05, 4.69) is 5.10 Å². The van der Waals surface area contributed by atoms with E-state index in [-0.39, 0.29) is 17.9 Å².